The summed E-state index contributed by atoms with van der Waals surface area (Å²) in [5.41, 5.74) is 1.52. The highest BCUT2D eigenvalue weighted by molar-refractivity contribution is 8.20. The molecule has 0 spiro atoms. The van der Waals surface area contributed by atoms with E-state index in [1.54, 1.807) is 0 Å². The SMILES string of the molecule is c1ccc(C2S[C@@H]3CCCC[C@H]3S2)cc1. The van der Waals surface area contributed by atoms with Crippen LogP contribution in [0.2, 0.25) is 0 Å². The van der Waals surface area contributed by atoms with E-state index >= 15 is 0 Å². The van der Waals surface area contributed by atoms with E-state index in [4.69, 9.17) is 0 Å². The Morgan fingerprint density at radius 3 is 2.07 bits per heavy atom. The Hall–Kier alpha value is -0.0800. The van der Waals surface area contributed by atoms with E-state index in [2.05, 4.69) is 53.9 Å². The molecule has 0 N–H and O–H groups in total. The lowest BCUT2D eigenvalue weighted by atomic mass is 10.00. The van der Waals surface area contributed by atoms with Gasteiger partial charge in [0.25, 0.3) is 0 Å². The second kappa shape index (κ2) is 4.42. The minimum Gasteiger partial charge on any atom is -0.138 e. The smallest absolute Gasteiger partial charge is 0.0757 e. The van der Waals surface area contributed by atoms with Crippen LogP contribution in [-0.4, -0.2) is 10.5 Å². The van der Waals surface area contributed by atoms with Gasteiger partial charge in [-0.25, -0.2) is 0 Å². The van der Waals surface area contributed by atoms with E-state index in [9.17, 15) is 0 Å². The van der Waals surface area contributed by atoms with Crippen molar-refractivity contribution < 1.29 is 0 Å². The molecule has 1 aliphatic carbocycles. The molecule has 1 saturated carbocycles. The van der Waals surface area contributed by atoms with Gasteiger partial charge in [-0.2, -0.15) is 0 Å². The Morgan fingerprint density at radius 2 is 1.47 bits per heavy atom. The highest BCUT2D eigenvalue weighted by Crippen LogP contribution is 2.57. The van der Waals surface area contributed by atoms with Gasteiger partial charge in [0.15, 0.2) is 0 Å². The summed E-state index contributed by atoms with van der Waals surface area (Å²) in [6.07, 6.45) is 5.81. The molecule has 1 heterocycles. The molecule has 1 saturated heterocycles. The van der Waals surface area contributed by atoms with Crippen molar-refractivity contribution >= 4 is 23.5 Å². The molecule has 0 amide bonds. The summed E-state index contributed by atoms with van der Waals surface area (Å²) in [5.74, 6) is 0. The van der Waals surface area contributed by atoms with Crippen molar-refractivity contribution in [3.8, 4) is 0 Å². The monoisotopic (exact) mass is 236 g/mol. The Labute approximate surface area is 100 Å². The zero-order valence-corrected chi connectivity index (χ0v) is 10.4. The Bertz CT molecular complexity index is 309. The minimum absolute atomic E-state index is 0.708. The molecule has 2 aliphatic rings. The molecule has 1 aromatic rings. The zero-order valence-electron chi connectivity index (χ0n) is 8.76. The lowest BCUT2D eigenvalue weighted by Gasteiger charge is -2.22. The van der Waals surface area contributed by atoms with Crippen LogP contribution in [0.15, 0.2) is 30.3 Å². The van der Waals surface area contributed by atoms with Crippen molar-refractivity contribution in [1.82, 2.24) is 0 Å². The Balaban J connectivity index is 1.75. The van der Waals surface area contributed by atoms with Crippen molar-refractivity contribution in [3.63, 3.8) is 0 Å². The fraction of sp³-hybridized carbons (Fsp3) is 0.538. The summed E-state index contributed by atoms with van der Waals surface area (Å²) >= 11 is 4.42. The zero-order chi connectivity index (χ0) is 10.1. The molecular weight excluding hydrogens is 220 g/mol. The summed E-state index contributed by atoms with van der Waals surface area (Å²) in [4.78, 5) is 0. The first-order valence-electron chi connectivity index (χ1n) is 5.79. The predicted octanol–water partition coefficient (Wildman–Crippen LogP) is 4.48. The normalized spacial score (nSPS) is 31.5. The van der Waals surface area contributed by atoms with Crippen molar-refractivity contribution in [3.05, 3.63) is 35.9 Å². The minimum atomic E-state index is 0.708. The third-order valence-electron chi connectivity index (χ3n) is 3.31. The number of benzene rings is 1. The third kappa shape index (κ3) is 2.07. The largest absolute Gasteiger partial charge is 0.138 e. The van der Waals surface area contributed by atoms with Crippen LogP contribution < -0.4 is 0 Å². The fourth-order valence-corrected chi connectivity index (χ4v) is 6.48. The van der Waals surface area contributed by atoms with Gasteiger partial charge in [-0.3, -0.25) is 0 Å². The van der Waals surface area contributed by atoms with Gasteiger partial charge in [0.1, 0.15) is 0 Å². The van der Waals surface area contributed by atoms with Crippen LogP contribution >= 0.6 is 23.5 Å². The lowest BCUT2D eigenvalue weighted by Crippen LogP contribution is -2.19. The van der Waals surface area contributed by atoms with Crippen molar-refractivity contribution in [2.45, 2.75) is 40.8 Å². The highest BCUT2D eigenvalue weighted by atomic mass is 32.2. The van der Waals surface area contributed by atoms with Crippen LogP contribution in [0.3, 0.4) is 0 Å². The molecule has 2 heteroatoms. The quantitative estimate of drug-likeness (QED) is 0.705. The van der Waals surface area contributed by atoms with Gasteiger partial charge >= 0.3 is 0 Å². The van der Waals surface area contributed by atoms with Gasteiger partial charge in [-0.1, -0.05) is 43.2 Å². The van der Waals surface area contributed by atoms with E-state index in [1.807, 2.05) is 0 Å². The first-order chi connectivity index (χ1) is 7.43. The highest BCUT2D eigenvalue weighted by Gasteiger charge is 2.37. The van der Waals surface area contributed by atoms with Crippen LogP contribution in [-0.2, 0) is 0 Å². The lowest BCUT2D eigenvalue weighted by molar-refractivity contribution is 0.532. The van der Waals surface area contributed by atoms with E-state index in [1.165, 1.54) is 31.2 Å². The average Bonchev–Trinajstić information content (AvgIpc) is 2.74. The molecule has 0 bridgehead atoms. The molecule has 2 atom stereocenters. The molecule has 1 aliphatic heterocycles. The predicted molar refractivity (Wildman–Crippen MR) is 70.4 cm³/mol. The third-order valence-corrected chi connectivity index (χ3v) is 7.02. The van der Waals surface area contributed by atoms with Gasteiger partial charge in [0.05, 0.1) is 4.58 Å². The van der Waals surface area contributed by atoms with Gasteiger partial charge in [-0.15, -0.1) is 23.5 Å². The maximum absolute atomic E-state index is 2.28. The Morgan fingerprint density at radius 1 is 0.867 bits per heavy atom. The van der Waals surface area contributed by atoms with E-state index in [0.29, 0.717) is 4.58 Å². The van der Waals surface area contributed by atoms with Crippen LogP contribution in [0.1, 0.15) is 35.8 Å². The first-order valence-corrected chi connectivity index (χ1v) is 7.68. The molecule has 3 rings (SSSR count). The molecule has 0 aromatic heterocycles. The second-order valence-corrected chi connectivity index (χ2v) is 7.37. The standard InChI is InChI=1S/C13H16S2/c1-2-6-10(7-3-1)13-14-11-8-4-5-9-12(11)15-13/h1-3,6-7,11-13H,4-5,8-9H2/t11-,12-/m1/s1. The van der Waals surface area contributed by atoms with Crippen molar-refractivity contribution in [2.75, 3.05) is 0 Å². The summed E-state index contributed by atoms with van der Waals surface area (Å²) in [6.45, 7) is 0. The summed E-state index contributed by atoms with van der Waals surface area (Å²) in [5, 5.41) is 1.88. The van der Waals surface area contributed by atoms with E-state index in [0.717, 1.165) is 10.5 Å². The van der Waals surface area contributed by atoms with Gasteiger partial charge in [0.2, 0.25) is 0 Å². The van der Waals surface area contributed by atoms with Crippen LogP contribution in [0, 0.1) is 0 Å². The molecule has 0 radical (unpaired) electrons. The van der Waals surface area contributed by atoms with Gasteiger partial charge in [-0.05, 0) is 18.4 Å². The molecule has 0 nitrogen and oxygen atoms in total. The Kier molecular flexibility index (Phi) is 2.98. The molecule has 2 fully saturated rings. The van der Waals surface area contributed by atoms with Crippen LogP contribution in [0.25, 0.3) is 0 Å². The maximum atomic E-state index is 2.28. The van der Waals surface area contributed by atoms with Crippen LogP contribution in [0.4, 0.5) is 0 Å². The van der Waals surface area contributed by atoms with Crippen molar-refractivity contribution in [2.24, 2.45) is 0 Å². The first kappa shape index (κ1) is 10.1. The number of fused-ring (bicyclic) bond motifs is 1. The molecular formula is C13H16S2. The van der Waals surface area contributed by atoms with Gasteiger partial charge in [0, 0.05) is 10.5 Å². The average molecular weight is 236 g/mol. The topological polar surface area (TPSA) is 0 Å². The van der Waals surface area contributed by atoms with Crippen LogP contribution in [0.5, 0.6) is 0 Å². The summed E-state index contributed by atoms with van der Waals surface area (Å²) in [6, 6.07) is 11.0. The molecule has 15 heavy (non-hydrogen) atoms. The number of rotatable bonds is 1. The summed E-state index contributed by atoms with van der Waals surface area (Å²) in [7, 11) is 0. The fourth-order valence-electron chi connectivity index (χ4n) is 2.49. The molecule has 0 unspecified atom stereocenters. The molecule has 80 valence electrons. The number of hydrogen-bond donors (Lipinski definition) is 0. The van der Waals surface area contributed by atoms with Gasteiger partial charge < -0.3 is 0 Å². The second-order valence-electron chi connectivity index (χ2n) is 4.38. The molecule has 1 aromatic carbocycles. The summed E-state index contributed by atoms with van der Waals surface area (Å²) < 4.78 is 0.708. The number of hydrogen-bond acceptors (Lipinski definition) is 2. The van der Waals surface area contributed by atoms with Crippen molar-refractivity contribution in [1.29, 1.82) is 0 Å². The van der Waals surface area contributed by atoms with E-state index in [-0.39, 0.29) is 0 Å². The number of thioether (sulfide) groups is 2. The maximum Gasteiger partial charge on any atom is 0.0757 e. The van der Waals surface area contributed by atoms with E-state index < -0.39 is 0 Å².